The van der Waals surface area contributed by atoms with Gasteiger partial charge in [0.15, 0.2) is 5.65 Å². The summed E-state index contributed by atoms with van der Waals surface area (Å²) in [7, 11) is 0. The lowest BCUT2D eigenvalue weighted by Crippen LogP contribution is -2.39. The summed E-state index contributed by atoms with van der Waals surface area (Å²) in [6.45, 7) is 7.16. The van der Waals surface area contributed by atoms with Crippen LogP contribution in [0, 0.1) is 0 Å². The molecule has 3 N–H and O–H groups in total. The van der Waals surface area contributed by atoms with Crippen molar-refractivity contribution in [1.29, 1.82) is 0 Å². The number of amides is 1. The predicted octanol–water partition coefficient (Wildman–Crippen LogP) is 5.26. The molecule has 0 radical (unpaired) electrons. The Labute approximate surface area is 197 Å². The van der Waals surface area contributed by atoms with Crippen LogP contribution in [0.15, 0.2) is 48.1 Å². The SMILES string of the molecule is CC(=O)NC(C)(C)c1ccc(Oc2nc3nc(C4=CC=C([C@H](C)O)CC4)c(Cl)cc3[nH]2)cc1. The molecule has 0 saturated carbocycles. The number of benzene rings is 1. The molecule has 0 saturated heterocycles. The molecule has 1 aromatic carbocycles. The molecule has 1 amide bonds. The van der Waals surface area contributed by atoms with Crippen LogP contribution >= 0.6 is 11.6 Å². The molecule has 1 aliphatic carbocycles. The number of hydrogen-bond donors (Lipinski definition) is 3. The van der Waals surface area contributed by atoms with Gasteiger partial charge in [-0.3, -0.25) is 4.79 Å². The van der Waals surface area contributed by atoms with Crippen molar-refractivity contribution >= 4 is 34.2 Å². The number of fused-ring (bicyclic) bond motifs is 1. The average molecular weight is 467 g/mol. The lowest BCUT2D eigenvalue weighted by Gasteiger charge is -2.26. The summed E-state index contributed by atoms with van der Waals surface area (Å²) in [6.07, 6.45) is 4.96. The highest BCUT2D eigenvalue weighted by Gasteiger charge is 2.21. The molecule has 0 spiro atoms. The fourth-order valence-electron chi connectivity index (χ4n) is 3.93. The topological polar surface area (TPSA) is 100 Å². The monoisotopic (exact) mass is 466 g/mol. The summed E-state index contributed by atoms with van der Waals surface area (Å²) in [5, 5.41) is 13.2. The number of hydrogen-bond acceptors (Lipinski definition) is 5. The highest BCUT2D eigenvalue weighted by Crippen LogP contribution is 2.33. The van der Waals surface area contributed by atoms with Crippen LogP contribution in [-0.2, 0) is 10.3 Å². The Kier molecular flexibility index (Phi) is 6.28. The number of aromatic amines is 1. The van der Waals surface area contributed by atoms with Crippen LogP contribution in [0.25, 0.3) is 16.7 Å². The first-order valence-corrected chi connectivity index (χ1v) is 11.2. The minimum atomic E-state index is -0.486. The molecule has 1 aliphatic rings. The van der Waals surface area contributed by atoms with Gasteiger partial charge in [0.05, 0.1) is 27.9 Å². The van der Waals surface area contributed by atoms with Gasteiger partial charge >= 0.3 is 6.01 Å². The van der Waals surface area contributed by atoms with E-state index in [2.05, 4.69) is 20.3 Å². The first-order valence-electron chi connectivity index (χ1n) is 10.8. The fraction of sp³-hybridized carbons (Fsp3) is 0.320. The number of imidazole rings is 1. The predicted molar refractivity (Wildman–Crippen MR) is 129 cm³/mol. The Morgan fingerprint density at radius 3 is 2.55 bits per heavy atom. The summed E-state index contributed by atoms with van der Waals surface area (Å²) < 4.78 is 5.89. The first kappa shape index (κ1) is 23.0. The van der Waals surface area contributed by atoms with Crippen LogP contribution in [0.5, 0.6) is 11.8 Å². The van der Waals surface area contributed by atoms with Crippen molar-refractivity contribution in [2.24, 2.45) is 0 Å². The molecule has 7 nitrogen and oxygen atoms in total. The average Bonchev–Trinajstić information content (AvgIpc) is 3.13. The molecule has 0 bridgehead atoms. The van der Waals surface area contributed by atoms with E-state index in [1.807, 2.05) is 50.3 Å². The lowest BCUT2D eigenvalue weighted by atomic mass is 9.93. The van der Waals surface area contributed by atoms with E-state index in [1.54, 1.807) is 13.0 Å². The van der Waals surface area contributed by atoms with Crippen LogP contribution in [0.2, 0.25) is 5.02 Å². The number of carbonyl (C=O) groups is 1. The number of carbonyl (C=O) groups excluding carboxylic acids is 1. The number of halogens is 1. The van der Waals surface area contributed by atoms with Crippen LogP contribution in [-0.4, -0.2) is 32.1 Å². The molecule has 0 aliphatic heterocycles. The third-order valence-corrected chi connectivity index (χ3v) is 5.99. The van der Waals surface area contributed by atoms with Crippen molar-refractivity contribution in [3.63, 3.8) is 0 Å². The molecule has 2 heterocycles. The molecule has 3 aromatic rings. The zero-order chi connectivity index (χ0) is 23.8. The largest absolute Gasteiger partial charge is 0.426 e. The van der Waals surface area contributed by atoms with E-state index < -0.39 is 11.6 Å². The molecule has 33 heavy (non-hydrogen) atoms. The van der Waals surface area contributed by atoms with Crippen molar-refractivity contribution in [2.75, 3.05) is 0 Å². The van der Waals surface area contributed by atoms with E-state index in [0.29, 0.717) is 33.6 Å². The molecule has 0 fully saturated rings. The summed E-state index contributed by atoms with van der Waals surface area (Å²) in [6, 6.07) is 9.59. The highest BCUT2D eigenvalue weighted by atomic mass is 35.5. The van der Waals surface area contributed by atoms with Gasteiger partial charge in [0.2, 0.25) is 5.91 Å². The Morgan fingerprint density at radius 2 is 1.94 bits per heavy atom. The molecule has 8 heteroatoms. The van der Waals surface area contributed by atoms with E-state index >= 15 is 0 Å². The van der Waals surface area contributed by atoms with Gasteiger partial charge in [-0.25, -0.2) is 4.98 Å². The van der Waals surface area contributed by atoms with Crippen LogP contribution < -0.4 is 10.1 Å². The summed E-state index contributed by atoms with van der Waals surface area (Å²) in [4.78, 5) is 23.7. The second-order valence-electron chi connectivity index (χ2n) is 8.77. The highest BCUT2D eigenvalue weighted by molar-refractivity contribution is 6.32. The zero-order valence-electron chi connectivity index (χ0n) is 19.1. The number of aliphatic hydroxyl groups excluding tert-OH is 1. The van der Waals surface area contributed by atoms with Gasteiger partial charge < -0.3 is 20.1 Å². The zero-order valence-corrected chi connectivity index (χ0v) is 19.8. The summed E-state index contributed by atoms with van der Waals surface area (Å²) >= 11 is 6.51. The Hall–Kier alpha value is -3.16. The maximum absolute atomic E-state index is 11.4. The minimum absolute atomic E-state index is 0.0865. The number of aliphatic hydroxyl groups is 1. The molecule has 2 aromatic heterocycles. The molecule has 172 valence electrons. The number of aromatic nitrogens is 3. The molecular weight excluding hydrogens is 440 g/mol. The van der Waals surface area contributed by atoms with Gasteiger partial charge in [-0.15, -0.1) is 0 Å². The van der Waals surface area contributed by atoms with E-state index in [4.69, 9.17) is 16.3 Å². The van der Waals surface area contributed by atoms with E-state index in [1.165, 1.54) is 6.92 Å². The third kappa shape index (κ3) is 5.10. The van der Waals surface area contributed by atoms with Crippen molar-refractivity contribution in [3.05, 3.63) is 64.3 Å². The Morgan fingerprint density at radius 1 is 1.21 bits per heavy atom. The second kappa shape index (κ2) is 9.00. The lowest BCUT2D eigenvalue weighted by molar-refractivity contribution is -0.120. The fourth-order valence-corrected chi connectivity index (χ4v) is 4.20. The summed E-state index contributed by atoms with van der Waals surface area (Å²) in [5.74, 6) is 0.519. The smallest absolute Gasteiger partial charge is 0.301 e. The minimum Gasteiger partial charge on any atom is -0.426 e. The van der Waals surface area contributed by atoms with Crippen molar-refractivity contribution < 1.29 is 14.6 Å². The molecule has 4 rings (SSSR count). The van der Waals surface area contributed by atoms with E-state index in [0.717, 1.165) is 29.6 Å². The quantitative estimate of drug-likeness (QED) is 0.460. The molecular formula is C25H27ClN4O3. The maximum Gasteiger partial charge on any atom is 0.301 e. The Bertz CT molecular complexity index is 1260. The van der Waals surface area contributed by atoms with Crippen molar-refractivity contribution in [2.45, 2.75) is 52.2 Å². The van der Waals surface area contributed by atoms with E-state index in [9.17, 15) is 9.90 Å². The number of pyridine rings is 1. The second-order valence-corrected chi connectivity index (χ2v) is 9.18. The van der Waals surface area contributed by atoms with Crippen LogP contribution in [0.4, 0.5) is 0 Å². The van der Waals surface area contributed by atoms with Gasteiger partial charge in [-0.2, -0.15) is 4.98 Å². The van der Waals surface area contributed by atoms with Gasteiger partial charge in [0.25, 0.3) is 0 Å². The van der Waals surface area contributed by atoms with Crippen LogP contribution in [0.1, 0.15) is 51.8 Å². The number of H-pyrrole nitrogens is 1. The number of allylic oxidation sites excluding steroid dienone is 3. The standard InChI is InChI=1S/C25H27ClN4O3/c1-14(31)16-5-7-17(8-6-16)22-20(26)13-21-23(28-22)29-24(27-21)33-19-11-9-18(10-12-19)25(3,4)30-15(2)32/h5,7,9-14,31H,6,8H2,1-4H3,(H,30,32)(H,27,28,29)/t14-/m0/s1. The number of ether oxygens (including phenoxy) is 1. The van der Waals surface area contributed by atoms with Gasteiger partial charge in [0.1, 0.15) is 5.75 Å². The number of rotatable bonds is 6. The van der Waals surface area contributed by atoms with Crippen molar-refractivity contribution in [3.8, 4) is 11.8 Å². The van der Waals surface area contributed by atoms with Gasteiger partial charge in [0, 0.05) is 6.92 Å². The van der Waals surface area contributed by atoms with Crippen molar-refractivity contribution in [1.82, 2.24) is 20.3 Å². The Balaban J connectivity index is 1.55. The molecule has 0 unspecified atom stereocenters. The maximum atomic E-state index is 11.4. The number of nitrogens with one attached hydrogen (secondary N) is 2. The van der Waals surface area contributed by atoms with E-state index in [-0.39, 0.29) is 5.91 Å². The van der Waals surface area contributed by atoms with Gasteiger partial charge in [-0.05, 0) is 68.5 Å². The third-order valence-electron chi connectivity index (χ3n) is 5.71. The summed E-state index contributed by atoms with van der Waals surface area (Å²) in [5.41, 5.74) is 4.36. The first-order chi connectivity index (χ1) is 15.6. The normalized spacial score (nSPS) is 15.1. The van der Waals surface area contributed by atoms with Crippen LogP contribution in [0.3, 0.4) is 0 Å². The van der Waals surface area contributed by atoms with Gasteiger partial charge in [-0.1, -0.05) is 35.9 Å². The number of nitrogens with zero attached hydrogens (tertiary/aromatic N) is 2. The molecule has 1 atom stereocenters.